The summed E-state index contributed by atoms with van der Waals surface area (Å²) in [6, 6.07) is 0. The van der Waals surface area contributed by atoms with Crippen LogP contribution in [0.5, 0.6) is 0 Å². The van der Waals surface area contributed by atoms with Crippen molar-refractivity contribution in [3.8, 4) is 0 Å². The Kier molecular flexibility index (Phi) is 4.00. The Balaban J connectivity index is 1.68. The van der Waals surface area contributed by atoms with Crippen LogP contribution in [0.3, 0.4) is 0 Å². The fourth-order valence-electron chi connectivity index (χ4n) is 2.42. The van der Waals surface area contributed by atoms with Crippen LogP contribution in [-0.2, 0) is 9.47 Å². The van der Waals surface area contributed by atoms with Gasteiger partial charge in [0.25, 0.3) is 0 Å². The molecule has 0 amide bonds. The molecule has 0 saturated carbocycles. The second-order valence-electron chi connectivity index (χ2n) is 4.99. The first-order valence-corrected chi connectivity index (χ1v) is 6.23. The molecule has 15 heavy (non-hydrogen) atoms. The van der Waals surface area contributed by atoms with Crippen LogP contribution >= 0.6 is 0 Å². The molecule has 88 valence electrons. The number of ether oxygens (including phenoxy) is 2. The zero-order chi connectivity index (χ0) is 10.7. The summed E-state index contributed by atoms with van der Waals surface area (Å²) in [4.78, 5) is 0. The van der Waals surface area contributed by atoms with E-state index in [1.807, 2.05) is 0 Å². The van der Waals surface area contributed by atoms with Crippen LogP contribution in [0, 0.1) is 5.92 Å². The maximum atomic E-state index is 5.94. The summed E-state index contributed by atoms with van der Waals surface area (Å²) in [5, 5.41) is 3.38. The number of piperidine rings is 1. The predicted molar refractivity (Wildman–Crippen MR) is 60.0 cm³/mol. The maximum absolute atomic E-state index is 5.94. The lowest BCUT2D eigenvalue weighted by Crippen LogP contribution is -2.42. The van der Waals surface area contributed by atoms with Crippen molar-refractivity contribution in [1.29, 1.82) is 0 Å². The van der Waals surface area contributed by atoms with E-state index in [4.69, 9.17) is 9.47 Å². The largest absolute Gasteiger partial charge is 0.374 e. The van der Waals surface area contributed by atoms with E-state index in [1.165, 1.54) is 12.8 Å². The fraction of sp³-hybridized carbons (Fsp3) is 1.00. The molecule has 3 heteroatoms. The van der Waals surface area contributed by atoms with Gasteiger partial charge in [-0.25, -0.2) is 0 Å². The lowest BCUT2D eigenvalue weighted by Gasteiger charge is -2.30. The topological polar surface area (TPSA) is 30.5 Å². The highest BCUT2D eigenvalue weighted by Crippen LogP contribution is 2.21. The molecule has 2 rings (SSSR count). The van der Waals surface area contributed by atoms with E-state index in [1.54, 1.807) is 0 Å². The van der Waals surface area contributed by atoms with Gasteiger partial charge in [0.1, 0.15) is 0 Å². The highest BCUT2D eigenvalue weighted by Gasteiger charge is 2.26. The molecule has 4 unspecified atom stereocenters. The summed E-state index contributed by atoms with van der Waals surface area (Å²) in [6.45, 7) is 7.34. The third-order valence-corrected chi connectivity index (χ3v) is 3.57. The van der Waals surface area contributed by atoms with Crippen molar-refractivity contribution in [2.45, 2.75) is 51.4 Å². The van der Waals surface area contributed by atoms with Gasteiger partial charge in [0.15, 0.2) is 0 Å². The predicted octanol–water partition coefficient (Wildman–Crippen LogP) is 1.57. The van der Waals surface area contributed by atoms with Crippen LogP contribution < -0.4 is 5.32 Å². The summed E-state index contributed by atoms with van der Waals surface area (Å²) in [6.07, 6.45) is 4.74. The van der Waals surface area contributed by atoms with E-state index in [-0.39, 0.29) is 0 Å². The van der Waals surface area contributed by atoms with Gasteiger partial charge >= 0.3 is 0 Å². The van der Waals surface area contributed by atoms with Gasteiger partial charge in [-0.05, 0) is 38.6 Å². The molecule has 0 aromatic heterocycles. The van der Waals surface area contributed by atoms with Gasteiger partial charge in [0, 0.05) is 6.54 Å². The monoisotopic (exact) mass is 213 g/mol. The highest BCUT2D eigenvalue weighted by molar-refractivity contribution is 4.77. The summed E-state index contributed by atoms with van der Waals surface area (Å²) in [7, 11) is 0. The van der Waals surface area contributed by atoms with Crippen LogP contribution in [0.4, 0.5) is 0 Å². The van der Waals surface area contributed by atoms with E-state index in [9.17, 15) is 0 Å². The van der Waals surface area contributed by atoms with E-state index in [2.05, 4.69) is 19.2 Å². The SMILES string of the molecule is CC1CCC(COC2CNCCC2C)O1. The van der Waals surface area contributed by atoms with Crippen LogP contribution in [-0.4, -0.2) is 38.0 Å². The van der Waals surface area contributed by atoms with Gasteiger partial charge < -0.3 is 14.8 Å². The Morgan fingerprint density at radius 3 is 2.80 bits per heavy atom. The molecule has 2 saturated heterocycles. The highest BCUT2D eigenvalue weighted by atomic mass is 16.5. The van der Waals surface area contributed by atoms with Crippen LogP contribution in [0.1, 0.15) is 33.1 Å². The van der Waals surface area contributed by atoms with E-state index < -0.39 is 0 Å². The number of nitrogens with one attached hydrogen (secondary N) is 1. The third-order valence-electron chi connectivity index (χ3n) is 3.57. The molecular formula is C12H23NO2. The van der Waals surface area contributed by atoms with Crippen molar-refractivity contribution < 1.29 is 9.47 Å². The van der Waals surface area contributed by atoms with Crippen molar-refractivity contribution in [2.75, 3.05) is 19.7 Å². The molecule has 2 aliphatic heterocycles. The Morgan fingerprint density at radius 2 is 2.13 bits per heavy atom. The molecule has 1 N–H and O–H groups in total. The summed E-state index contributed by atoms with van der Waals surface area (Å²) in [5.41, 5.74) is 0. The van der Waals surface area contributed by atoms with E-state index >= 15 is 0 Å². The molecule has 0 aliphatic carbocycles. The minimum Gasteiger partial charge on any atom is -0.374 e. The first-order chi connectivity index (χ1) is 7.25. The van der Waals surface area contributed by atoms with Crippen LogP contribution in [0.25, 0.3) is 0 Å². The third kappa shape index (κ3) is 3.16. The number of hydrogen-bond donors (Lipinski definition) is 1. The standard InChI is InChI=1S/C12H23NO2/c1-9-5-6-13-7-12(9)14-8-11-4-3-10(2)15-11/h9-13H,3-8H2,1-2H3. The molecule has 2 fully saturated rings. The molecule has 0 radical (unpaired) electrons. The van der Waals surface area contributed by atoms with Gasteiger partial charge in [-0.3, -0.25) is 0 Å². The van der Waals surface area contributed by atoms with Crippen LogP contribution in [0.15, 0.2) is 0 Å². The molecule has 0 aromatic carbocycles. The second kappa shape index (κ2) is 5.28. The van der Waals surface area contributed by atoms with E-state index in [0.29, 0.717) is 24.2 Å². The zero-order valence-corrected chi connectivity index (χ0v) is 9.87. The lowest BCUT2D eigenvalue weighted by molar-refractivity contribution is -0.0582. The average molecular weight is 213 g/mol. The molecule has 0 aromatic rings. The van der Waals surface area contributed by atoms with Crippen molar-refractivity contribution in [1.82, 2.24) is 5.32 Å². The number of rotatable bonds is 3. The molecule has 2 heterocycles. The Bertz CT molecular complexity index is 198. The minimum atomic E-state index is 0.342. The zero-order valence-electron chi connectivity index (χ0n) is 9.87. The fourth-order valence-corrected chi connectivity index (χ4v) is 2.42. The molecule has 4 atom stereocenters. The summed E-state index contributed by atoms with van der Waals surface area (Å²) in [5.74, 6) is 0.685. The van der Waals surface area contributed by atoms with E-state index in [0.717, 1.165) is 26.1 Å². The van der Waals surface area contributed by atoms with Crippen molar-refractivity contribution in [3.05, 3.63) is 0 Å². The van der Waals surface area contributed by atoms with Gasteiger partial charge in [0.2, 0.25) is 0 Å². The molecule has 0 spiro atoms. The first-order valence-electron chi connectivity index (χ1n) is 6.23. The maximum Gasteiger partial charge on any atom is 0.0813 e. The normalized spacial score (nSPS) is 42.0. The van der Waals surface area contributed by atoms with Gasteiger partial charge in [0.05, 0.1) is 24.9 Å². The lowest BCUT2D eigenvalue weighted by atomic mass is 9.97. The van der Waals surface area contributed by atoms with Crippen molar-refractivity contribution >= 4 is 0 Å². The van der Waals surface area contributed by atoms with Gasteiger partial charge in [-0.15, -0.1) is 0 Å². The molecule has 2 aliphatic rings. The van der Waals surface area contributed by atoms with Gasteiger partial charge in [-0.1, -0.05) is 6.92 Å². The first kappa shape index (κ1) is 11.4. The Morgan fingerprint density at radius 1 is 1.27 bits per heavy atom. The Hall–Kier alpha value is -0.120. The Labute approximate surface area is 92.5 Å². The molecule has 0 bridgehead atoms. The smallest absolute Gasteiger partial charge is 0.0813 e. The van der Waals surface area contributed by atoms with Gasteiger partial charge in [-0.2, -0.15) is 0 Å². The number of hydrogen-bond acceptors (Lipinski definition) is 3. The molecule has 3 nitrogen and oxygen atoms in total. The van der Waals surface area contributed by atoms with Crippen molar-refractivity contribution in [3.63, 3.8) is 0 Å². The minimum absolute atomic E-state index is 0.342. The summed E-state index contributed by atoms with van der Waals surface area (Å²) >= 11 is 0. The average Bonchev–Trinajstić information content (AvgIpc) is 2.63. The molecular weight excluding hydrogens is 190 g/mol. The van der Waals surface area contributed by atoms with Crippen molar-refractivity contribution in [2.24, 2.45) is 5.92 Å². The quantitative estimate of drug-likeness (QED) is 0.772. The second-order valence-corrected chi connectivity index (χ2v) is 4.99. The van der Waals surface area contributed by atoms with Crippen LogP contribution in [0.2, 0.25) is 0 Å². The summed E-state index contributed by atoms with van der Waals surface area (Å²) < 4.78 is 11.7.